The molecule has 0 radical (unpaired) electrons. The van der Waals surface area contributed by atoms with E-state index < -0.39 is 0 Å². The number of benzene rings is 1. The fourth-order valence-corrected chi connectivity index (χ4v) is 2.42. The number of nitrogens with one attached hydrogen (secondary N) is 1. The summed E-state index contributed by atoms with van der Waals surface area (Å²) in [7, 11) is 0. The van der Waals surface area contributed by atoms with E-state index >= 15 is 0 Å². The van der Waals surface area contributed by atoms with Gasteiger partial charge in [0.1, 0.15) is 0 Å². The Hall–Kier alpha value is -0.770. The highest BCUT2D eigenvalue weighted by Crippen LogP contribution is 2.24. The fraction of sp³-hybridized carbons (Fsp3) is 0.625. The third-order valence-electron chi connectivity index (χ3n) is 3.28. The van der Waals surface area contributed by atoms with Crippen molar-refractivity contribution in [1.29, 1.82) is 0 Å². The highest BCUT2D eigenvalue weighted by molar-refractivity contribution is 6.30. The van der Waals surface area contributed by atoms with Crippen molar-refractivity contribution in [2.45, 2.75) is 39.7 Å². The van der Waals surface area contributed by atoms with Crippen molar-refractivity contribution in [3.05, 3.63) is 28.8 Å². The van der Waals surface area contributed by atoms with Gasteiger partial charge in [0.15, 0.2) is 0 Å². The van der Waals surface area contributed by atoms with Crippen LogP contribution in [0.3, 0.4) is 0 Å². The normalized spacial score (nSPS) is 10.8. The lowest BCUT2D eigenvalue weighted by molar-refractivity contribution is 0.301. The molecule has 0 heterocycles. The van der Waals surface area contributed by atoms with E-state index in [4.69, 9.17) is 11.6 Å². The summed E-state index contributed by atoms with van der Waals surface area (Å²) in [5, 5.41) is 13.5. The molecule has 0 aliphatic carbocycles. The van der Waals surface area contributed by atoms with Gasteiger partial charge in [-0.3, -0.25) is 0 Å². The monoisotopic (exact) mass is 298 g/mol. The molecule has 0 aromatic heterocycles. The average molecular weight is 299 g/mol. The Morgan fingerprint density at radius 1 is 1.20 bits per heavy atom. The van der Waals surface area contributed by atoms with E-state index in [9.17, 15) is 5.11 Å². The van der Waals surface area contributed by atoms with Gasteiger partial charge in [0.05, 0.1) is 6.61 Å². The molecule has 0 amide bonds. The van der Waals surface area contributed by atoms with Gasteiger partial charge in [-0.2, -0.15) is 0 Å². The van der Waals surface area contributed by atoms with Crippen LogP contribution in [-0.4, -0.2) is 31.3 Å². The Morgan fingerprint density at radius 2 is 2.00 bits per heavy atom. The topological polar surface area (TPSA) is 35.5 Å². The van der Waals surface area contributed by atoms with Gasteiger partial charge in [0.25, 0.3) is 0 Å². The molecule has 3 nitrogen and oxygen atoms in total. The lowest BCUT2D eigenvalue weighted by atomic mass is 10.1. The van der Waals surface area contributed by atoms with Crippen molar-refractivity contribution < 1.29 is 5.11 Å². The van der Waals surface area contributed by atoms with Crippen LogP contribution in [0.1, 0.15) is 38.7 Å². The summed E-state index contributed by atoms with van der Waals surface area (Å²) >= 11 is 6.12. The van der Waals surface area contributed by atoms with Gasteiger partial charge in [-0.15, -0.1) is 0 Å². The Labute approximate surface area is 127 Å². The van der Waals surface area contributed by atoms with E-state index in [1.165, 1.54) is 11.3 Å². The maximum atomic E-state index is 9.27. The first-order valence-electron chi connectivity index (χ1n) is 7.57. The number of aliphatic hydroxyl groups excluding tert-OH is 1. The molecule has 0 saturated carbocycles. The zero-order valence-electron chi connectivity index (χ0n) is 12.7. The summed E-state index contributed by atoms with van der Waals surface area (Å²) in [4.78, 5) is 2.25. The van der Waals surface area contributed by atoms with Crippen molar-refractivity contribution in [3.8, 4) is 0 Å². The lowest BCUT2D eigenvalue weighted by Gasteiger charge is -2.26. The zero-order chi connectivity index (χ0) is 14.8. The quantitative estimate of drug-likeness (QED) is 0.650. The molecule has 0 bridgehead atoms. The highest BCUT2D eigenvalue weighted by atomic mass is 35.5. The minimum atomic E-state index is 0.175. The highest BCUT2D eigenvalue weighted by Gasteiger charge is 2.11. The molecule has 0 saturated heterocycles. The molecule has 4 heteroatoms. The van der Waals surface area contributed by atoms with Gasteiger partial charge in [-0.25, -0.2) is 0 Å². The number of unbranched alkanes of at least 4 members (excludes halogenated alkanes) is 1. The second-order valence-corrected chi connectivity index (χ2v) is 5.45. The van der Waals surface area contributed by atoms with Gasteiger partial charge < -0.3 is 15.3 Å². The number of anilines is 1. The third-order valence-corrected chi connectivity index (χ3v) is 3.51. The van der Waals surface area contributed by atoms with E-state index in [1.807, 2.05) is 12.1 Å². The van der Waals surface area contributed by atoms with Crippen LogP contribution in [0.4, 0.5) is 5.69 Å². The van der Waals surface area contributed by atoms with Crippen LogP contribution in [0.15, 0.2) is 18.2 Å². The summed E-state index contributed by atoms with van der Waals surface area (Å²) in [5.74, 6) is 0. The van der Waals surface area contributed by atoms with Crippen LogP contribution in [0.25, 0.3) is 0 Å². The largest absolute Gasteiger partial charge is 0.395 e. The van der Waals surface area contributed by atoms with E-state index in [1.54, 1.807) is 0 Å². The minimum absolute atomic E-state index is 0.175. The number of aliphatic hydroxyl groups is 1. The van der Waals surface area contributed by atoms with E-state index in [0.717, 1.165) is 43.9 Å². The first kappa shape index (κ1) is 17.3. The maximum absolute atomic E-state index is 9.27. The summed E-state index contributed by atoms with van der Waals surface area (Å²) in [6, 6.07) is 6.02. The molecule has 1 aromatic rings. The van der Waals surface area contributed by atoms with Crippen LogP contribution in [0, 0.1) is 0 Å². The molecule has 1 rings (SSSR count). The Kier molecular flexibility index (Phi) is 8.67. The first-order chi connectivity index (χ1) is 9.72. The summed E-state index contributed by atoms with van der Waals surface area (Å²) < 4.78 is 0. The molecular formula is C16H27ClN2O. The van der Waals surface area contributed by atoms with Gasteiger partial charge in [-0.05, 0) is 43.1 Å². The van der Waals surface area contributed by atoms with E-state index in [-0.39, 0.29) is 6.61 Å². The predicted molar refractivity (Wildman–Crippen MR) is 87.7 cm³/mol. The molecule has 114 valence electrons. The van der Waals surface area contributed by atoms with Crippen molar-refractivity contribution in [2.75, 3.05) is 31.1 Å². The maximum Gasteiger partial charge on any atom is 0.0606 e. The predicted octanol–water partition coefficient (Wildman–Crippen LogP) is 3.44. The van der Waals surface area contributed by atoms with Crippen molar-refractivity contribution in [3.63, 3.8) is 0 Å². The standard InChI is InChI=1S/C16H27ClN2O/c1-3-5-9-19(10-11-20)16-7-6-15(17)12-14(16)13-18-8-4-2/h6-7,12,18,20H,3-5,8-11,13H2,1-2H3. The van der Waals surface area contributed by atoms with Gasteiger partial charge >= 0.3 is 0 Å². The van der Waals surface area contributed by atoms with E-state index in [0.29, 0.717) is 6.54 Å². The number of hydrogen-bond acceptors (Lipinski definition) is 3. The lowest BCUT2D eigenvalue weighted by Crippen LogP contribution is -2.29. The Morgan fingerprint density at radius 3 is 2.65 bits per heavy atom. The van der Waals surface area contributed by atoms with Gasteiger partial charge in [-0.1, -0.05) is 31.9 Å². The first-order valence-corrected chi connectivity index (χ1v) is 7.95. The molecule has 0 atom stereocenters. The van der Waals surface area contributed by atoms with Crippen molar-refractivity contribution in [2.24, 2.45) is 0 Å². The zero-order valence-corrected chi connectivity index (χ0v) is 13.4. The molecular weight excluding hydrogens is 272 g/mol. The fourth-order valence-electron chi connectivity index (χ4n) is 2.23. The van der Waals surface area contributed by atoms with Crippen LogP contribution in [0.2, 0.25) is 5.02 Å². The molecule has 0 aliphatic rings. The van der Waals surface area contributed by atoms with Crippen LogP contribution in [0.5, 0.6) is 0 Å². The summed E-state index contributed by atoms with van der Waals surface area (Å²) in [6.07, 6.45) is 3.40. The molecule has 0 aliphatic heterocycles. The molecule has 0 unspecified atom stereocenters. The molecule has 0 fully saturated rings. The summed E-state index contributed by atoms with van der Waals surface area (Å²) in [6.45, 7) is 7.97. The van der Waals surface area contributed by atoms with Crippen molar-refractivity contribution in [1.82, 2.24) is 5.32 Å². The van der Waals surface area contributed by atoms with Crippen LogP contribution >= 0.6 is 11.6 Å². The van der Waals surface area contributed by atoms with Crippen molar-refractivity contribution >= 4 is 17.3 Å². The average Bonchev–Trinajstić information content (AvgIpc) is 2.44. The minimum Gasteiger partial charge on any atom is -0.395 e. The Balaban J connectivity index is 2.87. The van der Waals surface area contributed by atoms with E-state index in [2.05, 4.69) is 30.1 Å². The van der Waals surface area contributed by atoms with Gasteiger partial charge in [0.2, 0.25) is 0 Å². The number of hydrogen-bond donors (Lipinski definition) is 2. The Bertz CT molecular complexity index is 385. The number of rotatable bonds is 10. The second kappa shape index (κ2) is 10.0. The number of halogens is 1. The third kappa shape index (κ3) is 5.70. The van der Waals surface area contributed by atoms with Gasteiger partial charge in [0, 0.05) is 30.3 Å². The second-order valence-electron chi connectivity index (χ2n) is 5.01. The molecule has 2 N–H and O–H groups in total. The molecule has 0 spiro atoms. The smallest absolute Gasteiger partial charge is 0.0606 e. The van der Waals surface area contributed by atoms with Crippen LogP contribution in [-0.2, 0) is 6.54 Å². The summed E-state index contributed by atoms with van der Waals surface area (Å²) in [5.41, 5.74) is 2.39. The number of nitrogens with zero attached hydrogens (tertiary/aromatic N) is 1. The molecule has 1 aromatic carbocycles. The molecule has 20 heavy (non-hydrogen) atoms. The SMILES string of the molecule is CCCCN(CCO)c1ccc(Cl)cc1CNCCC. The van der Waals surface area contributed by atoms with Crippen LogP contribution < -0.4 is 10.2 Å².